The Morgan fingerprint density at radius 2 is 2.06 bits per heavy atom. The monoisotopic (exact) mass is 242 g/mol. The third-order valence-electron chi connectivity index (χ3n) is 1.96. The van der Waals surface area contributed by atoms with Crippen LogP contribution >= 0.6 is 11.3 Å². The smallest absolute Gasteiger partial charge is 0.273 e. The largest absolute Gasteiger partial charge is 0.375 e. The zero-order valence-electron chi connectivity index (χ0n) is 9.43. The highest BCUT2D eigenvalue weighted by Gasteiger charge is 2.17. The van der Waals surface area contributed by atoms with E-state index in [2.05, 4.69) is 4.98 Å². The molecule has 0 saturated carbocycles. The van der Waals surface area contributed by atoms with Crippen molar-refractivity contribution in [1.29, 1.82) is 0 Å². The molecule has 2 N–H and O–H groups in total. The van der Waals surface area contributed by atoms with Gasteiger partial charge in [-0.15, -0.1) is 11.3 Å². The Balaban J connectivity index is 2.65. The summed E-state index contributed by atoms with van der Waals surface area (Å²) >= 11 is 1.20. The Morgan fingerprint density at radius 1 is 1.44 bits per heavy atom. The van der Waals surface area contributed by atoms with Crippen LogP contribution in [0.5, 0.6) is 0 Å². The molecule has 0 bridgehead atoms. The topological polar surface area (TPSA) is 79.5 Å². The molecule has 0 fully saturated rings. The minimum Gasteiger partial charge on any atom is -0.375 e. The predicted octanol–water partition coefficient (Wildman–Crippen LogP) is -0.114. The Morgan fingerprint density at radius 3 is 2.50 bits per heavy atom. The number of aromatic nitrogens is 1. The molecule has 0 aliphatic heterocycles. The molecule has 88 valence electrons. The van der Waals surface area contributed by atoms with Crippen molar-refractivity contribution < 1.29 is 9.59 Å². The van der Waals surface area contributed by atoms with Gasteiger partial charge in [-0.2, -0.15) is 0 Å². The zero-order chi connectivity index (χ0) is 12.3. The predicted molar refractivity (Wildman–Crippen MR) is 62.2 cm³/mol. The number of nitrogens with two attached hydrogens (primary N) is 1. The maximum Gasteiger partial charge on any atom is 0.273 e. The number of amides is 2. The van der Waals surface area contributed by atoms with Gasteiger partial charge in [0.25, 0.3) is 5.91 Å². The maximum atomic E-state index is 11.8. The molecule has 2 amide bonds. The molecule has 1 aromatic rings. The lowest BCUT2D eigenvalue weighted by Gasteiger charge is -2.18. The van der Waals surface area contributed by atoms with Gasteiger partial charge in [0.05, 0.1) is 6.54 Å². The highest BCUT2D eigenvalue weighted by atomic mass is 32.1. The Labute approximate surface area is 97.7 Å². The number of carbonyl (C=O) groups excluding carboxylic acids is 2. The number of nitrogens with zero attached hydrogens (tertiary/aromatic N) is 3. The van der Waals surface area contributed by atoms with Gasteiger partial charge in [0.2, 0.25) is 5.91 Å². The van der Waals surface area contributed by atoms with E-state index in [1.165, 1.54) is 21.1 Å². The van der Waals surface area contributed by atoms with Crippen LogP contribution in [0.4, 0.5) is 5.13 Å². The van der Waals surface area contributed by atoms with Crippen LogP contribution in [0.1, 0.15) is 10.5 Å². The molecular weight excluding hydrogens is 228 g/mol. The molecule has 6 nitrogen and oxygen atoms in total. The standard InChI is InChI=1S/C9H14N4O2S/c1-12(2)7(14)4-13(3)8(15)6-5-16-9(10)11-6/h5H,4H2,1-3H3,(H2,10,11). The highest BCUT2D eigenvalue weighted by Crippen LogP contribution is 2.12. The van der Waals surface area contributed by atoms with Gasteiger partial charge in [-0.25, -0.2) is 4.98 Å². The maximum absolute atomic E-state index is 11.8. The van der Waals surface area contributed by atoms with Gasteiger partial charge >= 0.3 is 0 Å². The van der Waals surface area contributed by atoms with E-state index in [0.717, 1.165) is 0 Å². The van der Waals surface area contributed by atoms with Crippen LogP contribution in [0.25, 0.3) is 0 Å². The van der Waals surface area contributed by atoms with Gasteiger partial charge < -0.3 is 15.5 Å². The molecule has 1 aromatic heterocycles. The Kier molecular flexibility index (Phi) is 3.83. The lowest BCUT2D eigenvalue weighted by atomic mass is 10.4. The van der Waals surface area contributed by atoms with Gasteiger partial charge in [0, 0.05) is 26.5 Å². The van der Waals surface area contributed by atoms with Gasteiger partial charge in [-0.3, -0.25) is 9.59 Å². The third-order valence-corrected chi connectivity index (χ3v) is 2.63. The lowest BCUT2D eigenvalue weighted by Crippen LogP contribution is -2.37. The average molecular weight is 242 g/mol. The molecule has 0 aromatic carbocycles. The second-order valence-electron chi connectivity index (χ2n) is 3.52. The fourth-order valence-corrected chi connectivity index (χ4v) is 1.53. The van der Waals surface area contributed by atoms with E-state index in [1.807, 2.05) is 0 Å². The summed E-state index contributed by atoms with van der Waals surface area (Å²) in [5.74, 6) is -0.442. The Bertz CT molecular complexity index is 402. The minimum absolute atomic E-state index is 0.0310. The number of rotatable bonds is 3. The molecular formula is C9H14N4O2S. The minimum atomic E-state index is -0.303. The summed E-state index contributed by atoms with van der Waals surface area (Å²) in [6.45, 7) is 0.0310. The normalized spacial score (nSPS) is 9.94. The molecule has 1 rings (SSSR count). The summed E-state index contributed by atoms with van der Waals surface area (Å²) in [6.07, 6.45) is 0. The van der Waals surface area contributed by atoms with E-state index < -0.39 is 0 Å². The number of hydrogen-bond acceptors (Lipinski definition) is 5. The highest BCUT2D eigenvalue weighted by molar-refractivity contribution is 7.13. The first kappa shape index (κ1) is 12.4. The number of anilines is 1. The molecule has 0 saturated heterocycles. The Hall–Kier alpha value is -1.63. The van der Waals surface area contributed by atoms with E-state index in [0.29, 0.717) is 5.13 Å². The van der Waals surface area contributed by atoms with E-state index in [4.69, 9.17) is 5.73 Å². The first-order chi connectivity index (χ1) is 7.41. The molecule has 0 aliphatic carbocycles. The van der Waals surface area contributed by atoms with Crippen molar-refractivity contribution in [2.24, 2.45) is 0 Å². The van der Waals surface area contributed by atoms with Crippen molar-refractivity contribution in [2.45, 2.75) is 0 Å². The van der Waals surface area contributed by atoms with Gasteiger partial charge in [-0.05, 0) is 0 Å². The van der Waals surface area contributed by atoms with Crippen molar-refractivity contribution in [1.82, 2.24) is 14.8 Å². The lowest BCUT2D eigenvalue weighted by molar-refractivity contribution is -0.129. The van der Waals surface area contributed by atoms with Crippen molar-refractivity contribution in [3.63, 3.8) is 0 Å². The van der Waals surface area contributed by atoms with Crippen LogP contribution in [0.2, 0.25) is 0 Å². The number of carbonyl (C=O) groups is 2. The van der Waals surface area contributed by atoms with Crippen molar-refractivity contribution in [2.75, 3.05) is 33.4 Å². The van der Waals surface area contributed by atoms with E-state index >= 15 is 0 Å². The quantitative estimate of drug-likeness (QED) is 0.801. The van der Waals surface area contributed by atoms with Gasteiger partial charge in [0.1, 0.15) is 5.69 Å². The molecule has 7 heteroatoms. The second kappa shape index (κ2) is 4.93. The molecule has 0 spiro atoms. The summed E-state index contributed by atoms with van der Waals surface area (Å²) in [6, 6.07) is 0. The molecule has 0 unspecified atom stereocenters. The number of thiazole rings is 1. The van der Waals surface area contributed by atoms with E-state index in [9.17, 15) is 9.59 Å². The number of nitrogen functional groups attached to an aromatic ring is 1. The van der Waals surface area contributed by atoms with Crippen molar-refractivity contribution in [3.8, 4) is 0 Å². The van der Waals surface area contributed by atoms with E-state index in [-0.39, 0.29) is 24.1 Å². The first-order valence-corrected chi connectivity index (χ1v) is 5.46. The number of likely N-dealkylation sites (N-methyl/N-ethyl adjacent to an activating group) is 2. The second-order valence-corrected chi connectivity index (χ2v) is 4.41. The first-order valence-electron chi connectivity index (χ1n) is 4.58. The van der Waals surface area contributed by atoms with Gasteiger partial charge in [0.15, 0.2) is 5.13 Å². The summed E-state index contributed by atoms with van der Waals surface area (Å²) < 4.78 is 0. The zero-order valence-corrected chi connectivity index (χ0v) is 10.2. The van der Waals surface area contributed by atoms with Crippen LogP contribution in [0.15, 0.2) is 5.38 Å². The van der Waals surface area contributed by atoms with Crippen molar-refractivity contribution in [3.05, 3.63) is 11.1 Å². The fourth-order valence-electron chi connectivity index (χ4n) is 0.998. The molecule has 0 atom stereocenters. The molecule has 0 aliphatic rings. The summed E-state index contributed by atoms with van der Waals surface area (Å²) in [4.78, 5) is 29.8. The van der Waals surface area contributed by atoms with Crippen LogP contribution in [-0.4, -0.2) is 54.3 Å². The summed E-state index contributed by atoms with van der Waals surface area (Å²) in [7, 11) is 4.84. The molecule has 1 heterocycles. The average Bonchev–Trinajstić information content (AvgIpc) is 2.63. The van der Waals surface area contributed by atoms with Crippen LogP contribution in [-0.2, 0) is 4.79 Å². The number of hydrogen-bond donors (Lipinski definition) is 1. The van der Waals surface area contributed by atoms with Gasteiger partial charge in [-0.1, -0.05) is 0 Å². The molecule has 16 heavy (non-hydrogen) atoms. The van der Waals surface area contributed by atoms with Crippen LogP contribution < -0.4 is 5.73 Å². The van der Waals surface area contributed by atoms with Crippen LogP contribution in [0.3, 0.4) is 0 Å². The van der Waals surface area contributed by atoms with Crippen LogP contribution in [0, 0.1) is 0 Å². The summed E-state index contributed by atoms with van der Waals surface area (Å²) in [5.41, 5.74) is 5.70. The van der Waals surface area contributed by atoms with E-state index in [1.54, 1.807) is 26.5 Å². The third kappa shape index (κ3) is 2.93. The molecule has 0 radical (unpaired) electrons. The fraction of sp³-hybridized carbons (Fsp3) is 0.444. The SMILES string of the molecule is CN(C)C(=O)CN(C)C(=O)c1csc(N)n1. The van der Waals surface area contributed by atoms with Crippen molar-refractivity contribution >= 4 is 28.3 Å². The summed E-state index contributed by atoms with van der Waals surface area (Å²) in [5, 5.41) is 1.92.